The zero-order chi connectivity index (χ0) is 19.4. The molecule has 0 saturated heterocycles. The van der Waals surface area contributed by atoms with Gasteiger partial charge in [-0.25, -0.2) is 13.8 Å². The Morgan fingerprint density at radius 1 is 0.708 bits per heavy atom. The Kier molecular flexibility index (Phi) is 160. The van der Waals surface area contributed by atoms with Crippen molar-refractivity contribution in [3.63, 3.8) is 0 Å². The van der Waals surface area contributed by atoms with Crippen LogP contribution in [-0.2, 0) is 78.0 Å². The molecule has 0 aliphatic carbocycles. The molecule has 0 unspecified atom stereocenters. The summed E-state index contributed by atoms with van der Waals surface area (Å²) in [6.45, 7) is 26.0. The van der Waals surface area contributed by atoms with Crippen molar-refractivity contribution in [3.05, 3.63) is 61.4 Å². The average molecular weight is 454 g/mol. The Balaban J connectivity index is -0.0000000237. The fraction of sp³-hybridized carbons (Fsp3) is 0.375. The van der Waals surface area contributed by atoms with Crippen LogP contribution in [0.2, 0.25) is 0 Å². The summed E-state index contributed by atoms with van der Waals surface area (Å²) in [4.78, 5) is 0. The summed E-state index contributed by atoms with van der Waals surface area (Å²) in [5.74, 6) is 3.78. The van der Waals surface area contributed by atoms with Crippen LogP contribution in [0.15, 0.2) is 11.1 Å². The van der Waals surface area contributed by atoms with E-state index in [1.54, 1.807) is 0 Å². The molecule has 0 saturated carbocycles. The van der Waals surface area contributed by atoms with Crippen molar-refractivity contribution in [1.82, 2.24) is 0 Å². The maximum Gasteiger partial charge on any atom is 4.00 e. The quantitative estimate of drug-likeness (QED) is 0.356. The molecule has 0 aromatic heterocycles. The Labute approximate surface area is 179 Å². The van der Waals surface area contributed by atoms with Gasteiger partial charge >= 0.3 is 79.3 Å². The molecule has 0 aliphatic heterocycles. The van der Waals surface area contributed by atoms with E-state index in [0.29, 0.717) is 0 Å². The zero-order valence-corrected chi connectivity index (χ0v) is 18.1. The van der Waals surface area contributed by atoms with E-state index >= 15 is 0 Å². The summed E-state index contributed by atoms with van der Waals surface area (Å²) < 4.78 is 30.0. The van der Waals surface area contributed by atoms with E-state index in [1.807, 2.05) is 25.4 Å². The molecule has 0 spiro atoms. The van der Waals surface area contributed by atoms with Crippen molar-refractivity contribution < 1.29 is 52.7 Å². The second kappa shape index (κ2) is 77.5. The Morgan fingerprint density at radius 2 is 0.875 bits per heavy atom. The Morgan fingerprint density at radius 3 is 0.875 bits per heavy atom. The minimum Gasteiger partial charge on any atom is 4.00 e. The van der Waals surface area contributed by atoms with E-state index in [0.717, 1.165) is 12.8 Å². The molecule has 0 radical (unpaired) electrons. The average Bonchev–Trinajstić information content (AvgIpc) is 2.65. The predicted octanol–water partition coefficient (Wildman–Crippen LogP) is 2.48. The predicted molar refractivity (Wildman–Crippen MR) is 90.1 cm³/mol. The van der Waals surface area contributed by atoms with Crippen molar-refractivity contribution in [3.8, 4) is 0 Å². The van der Waals surface area contributed by atoms with Crippen molar-refractivity contribution in [1.29, 1.82) is 0 Å². The van der Waals surface area contributed by atoms with Gasteiger partial charge in [0.25, 0.3) is 0 Å². The van der Waals surface area contributed by atoms with Gasteiger partial charge < -0.3 is 23.3 Å². The van der Waals surface area contributed by atoms with Gasteiger partial charge in [-0.3, -0.25) is 0 Å². The Bertz CT molecular complexity index is 267. The van der Waals surface area contributed by atoms with Crippen LogP contribution in [0.3, 0.4) is 0 Å². The number of rotatable bonds is 4. The van der Waals surface area contributed by atoms with Gasteiger partial charge in [-0.15, -0.1) is 0 Å². The smallest absolute Gasteiger partial charge is 4.00 e. The molecule has 0 aromatic carbocycles. The third-order valence-corrected chi connectivity index (χ3v) is 2.45. The van der Waals surface area contributed by atoms with Gasteiger partial charge in [0.15, 0.2) is 0 Å². The second-order valence-electron chi connectivity index (χ2n) is 2.55. The van der Waals surface area contributed by atoms with E-state index in [1.165, 1.54) is 11.1 Å². The zero-order valence-electron chi connectivity index (χ0n) is 13.9. The topological polar surface area (TPSA) is 79.6 Å². The van der Waals surface area contributed by atoms with Gasteiger partial charge in [0.1, 0.15) is 0 Å². The fourth-order valence-electron chi connectivity index (χ4n) is 0.702. The molecule has 132 valence electrons. The van der Waals surface area contributed by atoms with Crippen LogP contribution < -0.4 is 0 Å². The van der Waals surface area contributed by atoms with Gasteiger partial charge in [0.05, 0.1) is 0 Å². The first-order valence-corrected chi connectivity index (χ1v) is 6.75. The maximum atomic E-state index is 7.50. The molecule has 0 heterocycles. The van der Waals surface area contributed by atoms with Gasteiger partial charge in [-0.05, 0) is 0 Å². The van der Waals surface area contributed by atoms with Crippen molar-refractivity contribution in [2.75, 3.05) is 0 Å². The van der Waals surface area contributed by atoms with Crippen LogP contribution in [-0.4, -0.2) is 0 Å². The van der Waals surface area contributed by atoms with Gasteiger partial charge in [0.2, 0.25) is 0 Å². The summed E-state index contributed by atoms with van der Waals surface area (Å²) in [5.41, 5.74) is 2.44. The van der Waals surface area contributed by atoms with Gasteiger partial charge in [-0.2, -0.15) is 36.8 Å². The normalized spacial score (nSPS) is 7.08. The fourth-order valence-corrected chi connectivity index (χ4v) is 1.40. The van der Waals surface area contributed by atoms with Crippen LogP contribution in [0.25, 0.3) is 0 Å². The van der Waals surface area contributed by atoms with Crippen LogP contribution >= 0.6 is 0 Å². The van der Waals surface area contributed by atoms with Crippen molar-refractivity contribution >= 4 is 25.3 Å². The van der Waals surface area contributed by atoms with Gasteiger partial charge in [-0.1, -0.05) is 26.7 Å². The second-order valence-corrected chi connectivity index (χ2v) is 3.12. The largest absolute Gasteiger partial charge is 4.00 e. The summed E-state index contributed by atoms with van der Waals surface area (Å²) >= 11 is 6.51. The first kappa shape index (κ1) is 49.6. The third-order valence-electron chi connectivity index (χ3n) is 1.75. The molecular weight excluding hydrogens is 432 g/mol. The van der Waals surface area contributed by atoms with Gasteiger partial charge in [0, 0.05) is 0 Å². The van der Waals surface area contributed by atoms with E-state index in [4.69, 9.17) is 18.6 Å². The molecule has 4 nitrogen and oxygen atoms in total. The molecule has 0 N–H and O–H groups in total. The van der Waals surface area contributed by atoms with E-state index in [2.05, 4.69) is 77.9 Å². The number of allylic oxidation sites excluding steroid dienone is 2. The summed E-state index contributed by atoms with van der Waals surface area (Å²) in [5, 5.41) is 0. The first-order valence-electron chi connectivity index (χ1n) is 5.59. The minimum absolute atomic E-state index is 0. The van der Waals surface area contributed by atoms with Crippen molar-refractivity contribution in [2.45, 2.75) is 40.5 Å². The standard InChI is InChI=1S/2C6H11S.4CO.2Fe/c2*1-3-6(4-2)5-7;4*1-2;;/h2*5H,3,7H2,1-2H3;;;;;;/q2*-1;;;;;2*+4. The van der Waals surface area contributed by atoms with Crippen LogP contribution in [0.1, 0.15) is 40.5 Å². The molecule has 0 aromatic rings. The summed E-state index contributed by atoms with van der Waals surface area (Å²) in [6.07, 6.45) is 8.14. The molecule has 0 rings (SSSR count). The molecule has 24 heavy (non-hydrogen) atoms. The molecule has 0 bridgehead atoms. The Hall–Kier alpha value is -0.0810. The molecule has 0 atom stereocenters. The SMILES string of the molecule is C[C-]=C([CH-][SH2+])CC.C[C-]=C([CH-][SH2+])CC.[C-]#[O+].[C-]#[O+].[C-]#[O+].[C-]#[O+].[Fe+4].[Fe+4]. The summed E-state index contributed by atoms with van der Waals surface area (Å²) in [6, 6.07) is 0. The van der Waals surface area contributed by atoms with Crippen LogP contribution in [0.4, 0.5) is 0 Å². The molecule has 0 fully saturated rings. The first-order chi connectivity index (χ1) is 10.7. The monoisotopic (exact) mass is 454 g/mol. The third kappa shape index (κ3) is 67.5. The van der Waals surface area contributed by atoms with Crippen LogP contribution in [0, 0.1) is 50.3 Å². The van der Waals surface area contributed by atoms with E-state index < -0.39 is 0 Å². The summed E-state index contributed by atoms with van der Waals surface area (Å²) in [7, 11) is 0. The number of hydrogen-bond donors (Lipinski definition) is 0. The molecular formula is C16H22Fe2O4S2+6. The van der Waals surface area contributed by atoms with Crippen molar-refractivity contribution in [2.24, 2.45) is 0 Å². The van der Waals surface area contributed by atoms with Crippen LogP contribution in [0.5, 0.6) is 0 Å². The number of hydrogen-bond acceptors (Lipinski definition) is 0. The molecule has 8 heteroatoms. The van der Waals surface area contributed by atoms with E-state index in [9.17, 15) is 0 Å². The van der Waals surface area contributed by atoms with E-state index in [-0.39, 0.29) is 34.1 Å². The molecule has 0 aliphatic rings. The molecule has 0 amide bonds. The minimum atomic E-state index is 0. The maximum absolute atomic E-state index is 7.50.